The second kappa shape index (κ2) is 6.60. The quantitative estimate of drug-likeness (QED) is 0.857. The van der Waals surface area contributed by atoms with E-state index in [1.807, 2.05) is 32.7 Å². The highest BCUT2D eigenvalue weighted by Gasteiger charge is 2.32. The molecule has 0 aromatic carbocycles. The first-order valence-corrected chi connectivity index (χ1v) is 7.39. The average Bonchev–Trinajstić information content (AvgIpc) is 2.27. The minimum atomic E-state index is -0.412. The van der Waals surface area contributed by atoms with E-state index in [-0.39, 0.29) is 6.09 Å². The number of carbonyl (C=O) groups excluding carboxylic acids is 1. The average molecular weight is 270 g/mol. The SMILES string of the molecule is CNC(C(C)C)C1CCCN(C(=O)OC(C)(C)C)C1. The van der Waals surface area contributed by atoms with Crippen molar-refractivity contribution in [3.8, 4) is 0 Å². The third-order valence-corrected chi connectivity index (χ3v) is 3.67. The summed E-state index contributed by atoms with van der Waals surface area (Å²) in [4.78, 5) is 14.0. The molecule has 2 atom stereocenters. The van der Waals surface area contributed by atoms with E-state index >= 15 is 0 Å². The summed E-state index contributed by atoms with van der Waals surface area (Å²) < 4.78 is 5.47. The fourth-order valence-corrected chi connectivity index (χ4v) is 2.91. The Hall–Kier alpha value is -0.770. The summed E-state index contributed by atoms with van der Waals surface area (Å²) in [6.07, 6.45) is 2.08. The molecule has 1 saturated heterocycles. The molecule has 19 heavy (non-hydrogen) atoms. The van der Waals surface area contributed by atoms with Crippen LogP contribution in [0.5, 0.6) is 0 Å². The van der Waals surface area contributed by atoms with Gasteiger partial charge in [-0.15, -0.1) is 0 Å². The summed E-state index contributed by atoms with van der Waals surface area (Å²) in [6.45, 7) is 11.8. The molecule has 0 spiro atoms. The highest BCUT2D eigenvalue weighted by Crippen LogP contribution is 2.25. The highest BCUT2D eigenvalue weighted by molar-refractivity contribution is 5.68. The van der Waals surface area contributed by atoms with Crippen LogP contribution in [0, 0.1) is 11.8 Å². The molecule has 1 amide bonds. The van der Waals surface area contributed by atoms with Crippen molar-refractivity contribution in [2.45, 2.75) is 59.1 Å². The number of rotatable bonds is 3. The Morgan fingerprint density at radius 1 is 1.37 bits per heavy atom. The van der Waals surface area contributed by atoms with Crippen LogP contribution in [-0.4, -0.2) is 42.8 Å². The molecule has 2 unspecified atom stereocenters. The predicted molar refractivity (Wildman–Crippen MR) is 78.2 cm³/mol. The molecule has 0 bridgehead atoms. The van der Waals surface area contributed by atoms with Crippen LogP contribution in [0.3, 0.4) is 0 Å². The number of likely N-dealkylation sites (tertiary alicyclic amines) is 1. The standard InChI is InChI=1S/C15H30N2O2/c1-11(2)13(16-6)12-8-7-9-17(10-12)14(18)19-15(3,4)5/h11-13,16H,7-10H2,1-6H3. The second-order valence-electron chi connectivity index (χ2n) is 6.89. The molecule has 0 radical (unpaired) electrons. The van der Waals surface area contributed by atoms with E-state index in [1.54, 1.807) is 0 Å². The molecule has 4 heteroatoms. The summed E-state index contributed by atoms with van der Waals surface area (Å²) in [6, 6.07) is 0.463. The highest BCUT2D eigenvalue weighted by atomic mass is 16.6. The molecular weight excluding hydrogens is 240 g/mol. The van der Waals surface area contributed by atoms with Crippen molar-refractivity contribution in [1.82, 2.24) is 10.2 Å². The van der Waals surface area contributed by atoms with Crippen molar-refractivity contribution >= 4 is 6.09 Å². The molecule has 1 N–H and O–H groups in total. The van der Waals surface area contributed by atoms with Gasteiger partial charge in [-0.2, -0.15) is 0 Å². The van der Waals surface area contributed by atoms with Gasteiger partial charge in [-0.3, -0.25) is 0 Å². The number of piperidine rings is 1. The van der Waals surface area contributed by atoms with Gasteiger partial charge in [0.05, 0.1) is 0 Å². The van der Waals surface area contributed by atoms with E-state index in [4.69, 9.17) is 4.74 Å². The van der Waals surface area contributed by atoms with Crippen LogP contribution in [0.2, 0.25) is 0 Å². The number of hydrogen-bond acceptors (Lipinski definition) is 3. The van der Waals surface area contributed by atoms with Gasteiger partial charge in [-0.1, -0.05) is 13.8 Å². The topological polar surface area (TPSA) is 41.6 Å². The molecule has 1 aliphatic heterocycles. The second-order valence-corrected chi connectivity index (χ2v) is 6.89. The molecule has 1 heterocycles. The van der Waals surface area contributed by atoms with Crippen molar-refractivity contribution in [3.05, 3.63) is 0 Å². The molecule has 0 saturated carbocycles. The molecule has 0 aromatic heterocycles. The van der Waals surface area contributed by atoms with E-state index in [1.165, 1.54) is 6.42 Å². The van der Waals surface area contributed by atoms with Gasteiger partial charge in [0.25, 0.3) is 0 Å². The van der Waals surface area contributed by atoms with Crippen LogP contribution in [0.25, 0.3) is 0 Å². The molecule has 1 fully saturated rings. The Labute approximate surface area is 117 Å². The lowest BCUT2D eigenvalue weighted by molar-refractivity contribution is 0.0134. The van der Waals surface area contributed by atoms with Crippen LogP contribution in [0.4, 0.5) is 4.79 Å². The molecule has 4 nitrogen and oxygen atoms in total. The number of ether oxygens (including phenoxy) is 1. The molecule has 1 rings (SSSR count). The minimum Gasteiger partial charge on any atom is -0.444 e. The first-order chi connectivity index (χ1) is 8.74. The number of hydrogen-bond donors (Lipinski definition) is 1. The summed E-state index contributed by atoms with van der Waals surface area (Å²) in [5, 5.41) is 3.40. The molecule has 0 aromatic rings. The number of nitrogens with one attached hydrogen (secondary N) is 1. The van der Waals surface area contributed by atoms with E-state index in [9.17, 15) is 4.79 Å². The lowest BCUT2D eigenvalue weighted by Crippen LogP contribution is -2.49. The van der Waals surface area contributed by atoms with Crippen molar-refractivity contribution in [3.63, 3.8) is 0 Å². The Bertz CT molecular complexity index is 297. The van der Waals surface area contributed by atoms with Crippen LogP contribution < -0.4 is 5.32 Å². The van der Waals surface area contributed by atoms with Gasteiger partial charge >= 0.3 is 6.09 Å². The fraction of sp³-hybridized carbons (Fsp3) is 0.933. The predicted octanol–water partition coefficient (Wildman–Crippen LogP) is 2.88. The maximum absolute atomic E-state index is 12.1. The van der Waals surface area contributed by atoms with E-state index in [2.05, 4.69) is 19.2 Å². The van der Waals surface area contributed by atoms with E-state index in [0.29, 0.717) is 17.9 Å². The van der Waals surface area contributed by atoms with Gasteiger partial charge in [0.15, 0.2) is 0 Å². The summed E-state index contributed by atoms with van der Waals surface area (Å²) >= 11 is 0. The van der Waals surface area contributed by atoms with Gasteiger partial charge in [-0.05, 0) is 52.5 Å². The van der Waals surface area contributed by atoms with Gasteiger partial charge < -0.3 is 15.0 Å². The van der Waals surface area contributed by atoms with Crippen molar-refractivity contribution in [2.24, 2.45) is 11.8 Å². The number of nitrogens with zero attached hydrogens (tertiary/aromatic N) is 1. The number of amides is 1. The molecule has 0 aliphatic carbocycles. The van der Waals surface area contributed by atoms with Gasteiger partial charge in [-0.25, -0.2) is 4.79 Å². The zero-order valence-corrected chi connectivity index (χ0v) is 13.3. The summed E-state index contributed by atoms with van der Waals surface area (Å²) in [5.41, 5.74) is -0.412. The Balaban J connectivity index is 2.61. The first-order valence-electron chi connectivity index (χ1n) is 7.39. The zero-order chi connectivity index (χ0) is 14.6. The third kappa shape index (κ3) is 5.01. The summed E-state index contributed by atoms with van der Waals surface area (Å²) in [5.74, 6) is 1.10. The molecule has 112 valence electrons. The summed E-state index contributed by atoms with van der Waals surface area (Å²) in [7, 11) is 2.01. The van der Waals surface area contributed by atoms with Crippen LogP contribution in [0.1, 0.15) is 47.5 Å². The third-order valence-electron chi connectivity index (χ3n) is 3.67. The minimum absolute atomic E-state index is 0.171. The lowest BCUT2D eigenvalue weighted by atomic mass is 9.85. The zero-order valence-electron chi connectivity index (χ0n) is 13.3. The van der Waals surface area contributed by atoms with Gasteiger partial charge in [0.2, 0.25) is 0 Å². The van der Waals surface area contributed by atoms with Crippen molar-refractivity contribution < 1.29 is 9.53 Å². The first kappa shape index (κ1) is 16.3. The van der Waals surface area contributed by atoms with E-state index in [0.717, 1.165) is 19.5 Å². The van der Waals surface area contributed by atoms with Crippen molar-refractivity contribution in [1.29, 1.82) is 0 Å². The lowest BCUT2D eigenvalue weighted by Gasteiger charge is -2.38. The van der Waals surface area contributed by atoms with Gasteiger partial charge in [0, 0.05) is 19.1 Å². The number of carbonyl (C=O) groups is 1. The fourth-order valence-electron chi connectivity index (χ4n) is 2.91. The van der Waals surface area contributed by atoms with Crippen molar-refractivity contribution in [2.75, 3.05) is 20.1 Å². The van der Waals surface area contributed by atoms with Gasteiger partial charge in [0.1, 0.15) is 5.60 Å². The largest absolute Gasteiger partial charge is 0.444 e. The smallest absolute Gasteiger partial charge is 0.410 e. The van der Waals surface area contributed by atoms with E-state index < -0.39 is 5.60 Å². The van der Waals surface area contributed by atoms with Crippen LogP contribution in [-0.2, 0) is 4.74 Å². The monoisotopic (exact) mass is 270 g/mol. The molecular formula is C15H30N2O2. The van der Waals surface area contributed by atoms with Crippen LogP contribution in [0.15, 0.2) is 0 Å². The molecule has 1 aliphatic rings. The normalized spacial score (nSPS) is 22.5. The van der Waals surface area contributed by atoms with Crippen LogP contribution >= 0.6 is 0 Å². The maximum Gasteiger partial charge on any atom is 0.410 e. The Kier molecular flexibility index (Phi) is 5.65. The Morgan fingerprint density at radius 3 is 2.47 bits per heavy atom. The Morgan fingerprint density at radius 2 is 2.00 bits per heavy atom. The maximum atomic E-state index is 12.1.